The molecule has 12 nitrogen and oxygen atoms in total. The van der Waals surface area contributed by atoms with Gasteiger partial charge in [0.2, 0.25) is 0 Å². The van der Waals surface area contributed by atoms with E-state index in [-0.39, 0.29) is 11.4 Å². The highest BCUT2D eigenvalue weighted by Gasteiger charge is 2.50. The number of fused-ring (bicyclic) bond motifs is 2. The average molecular weight is 482 g/mol. The summed E-state index contributed by atoms with van der Waals surface area (Å²) in [5.41, 5.74) is 7.82. The Hall–Kier alpha value is -3.45. The van der Waals surface area contributed by atoms with Gasteiger partial charge in [0, 0.05) is 0 Å². The maximum Gasteiger partial charge on any atom is 0.286 e. The highest BCUT2D eigenvalue weighted by Crippen LogP contribution is 2.36. The van der Waals surface area contributed by atoms with Crippen LogP contribution in [0, 0.1) is 0 Å². The molecule has 4 N–H and O–H groups in total. The highest BCUT2D eigenvalue weighted by molar-refractivity contribution is 6.21. The number of aliphatic hydroxyl groups excluding tert-OH is 2. The van der Waals surface area contributed by atoms with Gasteiger partial charge in [0.05, 0.1) is 24.1 Å². The minimum atomic E-state index is -1.37. The Kier molecular flexibility index (Phi) is 6.19. The number of anilines is 1. The smallest absolute Gasteiger partial charge is 0.286 e. The lowest BCUT2D eigenvalue weighted by atomic mass is 9.98. The number of unbranched alkanes of at least 4 members (excludes halogenated alkanes) is 2. The van der Waals surface area contributed by atoms with E-state index in [4.69, 9.17) is 15.3 Å². The number of nitrogen functional groups attached to an aromatic ring is 1. The molecule has 2 amide bonds. The summed E-state index contributed by atoms with van der Waals surface area (Å²) in [5, 5.41) is 21.6. The molecule has 4 heterocycles. The fourth-order valence-corrected chi connectivity index (χ4v) is 4.61. The Labute approximate surface area is 200 Å². The van der Waals surface area contributed by atoms with Crippen molar-refractivity contribution in [3.8, 4) is 0 Å². The molecule has 2 aromatic heterocycles. The van der Waals surface area contributed by atoms with Crippen LogP contribution >= 0.6 is 0 Å². The summed E-state index contributed by atoms with van der Waals surface area (Å²) in [5.74, 6) is -1.06. The van der Waals surface area contributed by atoms with E-state index in [1.807, 2.05) is 6.07 Å². The number of ether oxygens (including phenoxy) is 1. The fraction of sp³-hybridized carbons (Fsp3) is 0.435. The van der Waals surface area contributed by atoms with Crippen molar-refractivity contribution in [1.29, 1.82) is 0 Å². The molecule has 2 aliphatic rings. The first-order valence-corrected chi connectivity index (χ1v) is 11.5. The quantitative estimate of drug-likeness (QED) is 0.311. The second-order valence-electron chi connectivity index (χ2n) is 8.59. The Morgan fingerprint density at radius 3 is 2.77 bits per heavy atom. The molecule has 0 spiro atoms. The maximum atomic E-state index is 13.2. The molecule has 0 bridgehead atoms. The third kappa shape index (κ3) is 3.84. The molecule has 12 heteroatoms. The lowest BCUT2D eigenvalue weighted by molar-refractivity contribution is -0.170. The predicted molar refractivity (Wildman–Crippen MR) is 122 cm³/mol. The topological polar surface area (TPSA) is 166 Å². The third-order valence-electron chi connectivity index (χ3n) is 6.39. The number of carbonyl (C=O) groups excluding carboxylic acids is 2. The molecule has 0 radical (unpaired) electrons. The van der Waals surface area contributed by atoms with Crippen molar-refractivity contribution in [2.24, 2.45) is 0 Å². The lowest BCUT2D eigenvalue weighted by Crippen LogP contribution is -2.44. The van der Waals surface area contributed by atoms with Gasteiger partial charge in [-0.15, -0.1) is 5.06 Å². The molecule has 0 unspecified atom stereocenters. The van der Waals surface area contributed by atoms with Gasteiger partial charge in [0.15, 0.2) is 17.7 Å². The molecular formula is C23H26N6O6. The number of amides is 2. The number of hydrogen-bond donors (Lipinski definition) is 3. The summed E-state index contributed by atoms with van der Waals surface area (Å²) in [4.78, 5) is 44.2. The van der Waals surface area contributed by atoms with Crippen LogP contribution in [-0.4, -0.2) is 71.5 Å². The van der Waals surface area contributed by atoms with Gasteiger partial charge in [-0.25, -0.2) is 15.0 Å². The van der Waals surface area contributed by atoms with Crippen LogP contribution in [0.15, 0.2) is 30.9 Å². The van der Waals surface area contributed by atoms with Crippen LogP contribution in [0.4, 0.5) is 5.82 Å². The van der Waals surface area contributed by atoms with E-state index in [1.165, 1.54) is 17.2 Å². The van der Waals surface area contributed by atoms with Crippen molar-refractivity contribution < 1.29 is 29.4 Å². The Morgan fingerprint density at radius 2 is 2.00 bits per heavy atom. The Bertz CT molecular complexity index is 1280. The number of aliphatic hydroxyl groups is 2. The summed E-state index contributed by atoms with van der Waals surface area (Å²) < 4.78 is 7.27. The fourth-order valence-electron chi connectivity index (χ4n) is 4.61. The van der Waals surface area contributed by atoms with Crippen LogP contribution < -0.4 is 5.73 Å². The number of nitrogens with zero attached hydrogens (tertiary/aromatic N) is 5. The standard InChI is InChI=1S/C23H26N6O6/c1-2-3-4-6-12-7-5-8-13-15(12)22(33)29(21(13)32)35-18-14(9-30)34-23(17(18)31)28-11-27-16-19(24)25-10-26-20(16)28/h5,7-8,10-11,14,17-18,23,30-31H,2-4,6,9H2,1H3,(H2,24,25,26)/t14-,17-,18-,23-/m1/s1. The highest BCUT2D eigenvalue weighted by atomic mass is 16.7. The molecular weight excluding hydrogens is 456 g/mol. The van der Waals surface area contributed by atoms with Gasteiger partial charge in [0.25, 0.3) is 11.8 Å². The minimum Gasteiger partial charge on any atom is -0.394 e. The molecule has 184 valence electrons. The van der Waals surface area contributed by atoms with E-state index in [0.29, 0.717) is 28.2 Å². The molecule has 35 heavy (non-hydrogen) atoms. The lowest BCUT2D eigenvalue weighted by Gasteiger charge is -2.23. The third-order valence-corrected chi connectivity index (χ3v) is 6.39. The van der Waals surface area contributed by atoms with Crippen molar-refractivity contribution in [3.05, 3.63) is 47.5 Å². The van der Waals surface area contributed by atoms with E-state index < -0.39 is 43.0 Å². The number of rotatable bonds is 8. The van der Waals surface area contributed by atoms with Gasteiger partial charge in [-0.05, 0) is 24.5 Å². The second kappa shape index (κ2) is 9.30. The number of nitrogens with two attached hydrogens (primary N) is 1. The maximum absolute atomic E-state index is 13.2. The summed E-state index contributed by atoms with van der Waals surface area (Å²) in [6.45, 7) is 1.57. The first-order chi connectivity index (χ1) is 17.0. The van der Waals surface area contributed by atoms with Crippen molar-refractivity contribution in [2.75, 3.05) is 12.3 Å². The van der Waals surface area contributed by atoms with Gasteiger partial charge in [-0.1, -0.05) is 31.9 Å². The van der Waals surface area contributed by atoms with Gasteiger partial charge in [0.1, 0.15) is 30.2 Å². The van der Waals surface area contributed by atoms with Crippen LogP contribution in [-0.2, 0) is 16.0 Å². The molecule has 1 aromatic carbocycles. The van der Waals surface area contributed by atoms with Crippen LogP contribution in [0.25, 0.3) is 11.2 Å². The van der Waals surface area contributed by atoms with Gasteiger partial charge >= 0.3 is 0 Å². The minimum absolute atomic E-state index is 0.161. The average Bonchev–Trinajstić information content (AvgIpc) is 3.49. The number of aromatic nitrogens is 4. The number of hydrogen-bond acceptors (Lipinski definition) is 10. The molecule has 1 saturated heterocycles. The molecule has 0 saturated carbocycles. The number of aryl methyl sites for hydroxylation is 1. The molecule has 3 aromatic rings. The summed E-state index contributed by atoms with van der Waals surface area (Å²) in [6, 6.07) is 5.16. The summed E-state index contributed by atoms with van der Waals surface area (Å²) in [6.07, 6.45) is 1.57. The van der Waals surface area contributed by atoms with Gasteiger partial charge < -0.3 is 20.7 Å². The first kappa shape index (κ1) is 23.3. The van der Waals surface area contributed by atoms with E-state index in [9.17, 15) is 19.8 Å². The molecule has 1 fully saturated rings. The van der Waals surface area contributed by atoms with Crippen LogP contribution in [0.1, 0.15) is 58.7 Å². The Balaban J connectivity index is 1.40. The SMILES string of the molecule is CCCCCc1cccc2c1C(=O)N(O[C@H]1[C@@H](O)[C@H](n3cnc4c(N)ncnc43)O[C@@H]1CO)C2=O. The van der Waals surface area contributed by atoms with Crippen molar-refractivity contribution >= 4 is 28.8 Å². The molecule has 2 aliphatic heterocycles. The van der Waals surface area contributed by atoms with Crippen molar-refractivity contribution in [2.45, 2.75) is 57.1 Å². The van der Waals surface area contributed by atoms with E-state index in [0.717, 1.165) is 24.8 Å². The number of hydroxylamine groups is 2. The van der Waals surface area contributed by atoms with Crippen LogP contribution in [0.5, 0.6) is 0 Å². The number of benzene rings is 1. The monoisotopic (exact) mass is 482 g/mol. The van der Waals surface area contributed by atoms with E-state index >= 15 is 0 Å². The zero-order valence-electron chi connectivity index (χ0n) is 19.1. The largest absolute Gasteiger partial charge is 0.394 e. The zero-order valence-corrected chi connectivity index (χ0v) is 19.1. The normalized spacial score (nSPS) is 24.0. The van der Waals surface area contributed by atoms with Crippen molar-refractivity contribution in [3.63, 3.8) is 0 Å². The predicted octanol–water partition coefficient (Wildman–Crippen LogP) is 0.988. The Morgan fingerprint density at radius 1 is 1.17 bits per heavy atom. The van der Waals surface area contributed by atoms with Crippen LogP contribution in [0.3, 0.4) is 0 Å². The molecule has 0 aliphatic carbocycles. The summed E-state index contributed by atoms with van der Waals surface area (Å²) in [7, 11) is 0. The molecule has 5 rings (SSSR count). The molecule has 4 atom stereocenters. The number of carbonyl (C=O) groups is 2. The second-order valence-corrected chi connectivity index (χ2v) is 8.59. The number of imide groups is 1. The zero-order chi connectivity index (χ0) is 24.7. The summed E-state index contributed by atoms with van der Waals surface area (Å²) >= 11 is 0. The van der Waals surface area contributed by atoms with Gasteiger partial charge in [-0.2, -0.15) is 0 Å². The number of imidazole rings is 1. The van der Waals surface area contributed by atoms with E-state index in [2.05, 4.69) is 21.9 Å². The first-order valence-electron chi connectivity index (χ1n) is 11.5. The van der Waals surface area contributed by atoms with Gasteiger partial charge in [-0.3, -0.25) is 19.0 Å². The van der Waals surface area contributed by atoms with Crippen LogP contribution in [0.2, 0.25) is 0 Å². The van der Waals surface area contributed by atoms with E-state index in [1.54, 1.807) is 12.1 Å². The van der Waals surface area contributed by atoms with Crippen molar-refractivity contribution in [1.82, 2.24) is 24.6 Å².